The molecule has 1 atom stereocenters. The first kappa shape index (κ1) is 17.3. The number of rotatable bonds is 3. The summed E-state index contributed by atoms with van der Waals surface area (Å²) in [7, 11) is -3.70. The Morgan fingerprint density at radius 2 is 2.17 bits per heavy atom. The number of likely N-dealkylation sites (tertiary alicyclic amines) is 1. The van der Waals surface area contributed by atoms with Crippen LogP contribution in [0.1, 0.15) is 32.6 Å². The third-order valence-corrected chi connectivity index (χ3v) is 6.67. The average molecular weight is 367 g/mol. The maximum absolute atomic E-state index is 12.5. The van der Waals surface area contributed by atoms with Gasteiger partial charge in [0.05, 0.1) is 11.4 Å². The van der Waals surface area contributed by atoms with E-state index in [1.165, 1.54) is 12.5 Å². The van der Waals surface area contributed by atoms with Crippen molar-refractivity contribution < 1.29 is 13.2 Å². The zero-order valence-corrected chi connectivity index (χ0v) is 15.2. The van der Waals surface area contributed by atoms with Crippen LogP contribution in [0.25, 0.3) is 0 Å². The number of anilines is 1. The summed E-state index contributed by atoms with van der Waals surface area (Å²) in [5.41, 5.74) is 0.506. The molecule has 0 spiro atoms. The summed E-state index contributed by atoms with van der Waals surface area (Å²) in [5, 5.41) is 3.26. The fraction of sp³-hybridized carbons (Fsp3) is 0.500. The third-order valence-electron chi connectivity index (χ3n) is 4.36. The molecule has 1 saturated heterocycles. The highest BCUT2D eigenvalue weighted by Crippen LogP contribution is 2.29. The number of benzene rings is 1. The summed E-state index contributed by atoms with van der Waals surface area (Å²) in [4.78, 5) is 14.6. The first-order valence-corrected chi connectivity index (χ1v) is 10.6. The monoisotopic (exact) mass is 367 g/mol. The summed E-state index contributed by atoms with van der Waals surface area (Å²) < 4.78 is 28.2. The molecule has 0 saturated carbocycles. The van der Waals surface area contributed by atoms with Crippen LogP contribution >= 0.6 is 11.8 Å². The second-order valence-electron chi connectivity index (χ2n) is 5.93. The number of carbonyl (C=O) groups excluding carboxylic acids is 1. The summed E-state index contributed by atoms with van der Waals surface area (Å²) in [5.74, 6) is 0.243. The summed E-state index contributed by atoms with van der Waals surface area (Å²) >= 11 is 1.15. The molecule has 1 N–H and O–H groups in total. The summed E-state index contributed by atoms with van der Waals surface area (Å²) in [6, 6.07) is 6.95. The van der Waals surface area contributed by atoms with Crippen LogP contribution in [0.4, 0.5) is 5.69 Å². The van der Waals surface area contributed by atoms with Crippen molar-refractivity contribution in [3.63, 3.8) is 0 Å². The Hall–Kier alpha value is -1.54. The molecule has 3 rings (SSSR count). The number of hydrogen-bond acceptors (Lipinski definition) is 5. The van der Waals surface area contributed by atoms with Gasteiger partial charge >= 0.3 is 0 Å². The molecule has 2 heterocycles. The van der Waals surface area contributed by atoms with Gasteiger partial charge in [-0.25, -0.2) is 0 Å². The van der Waals surface area contributed by atoms with Crippen molar-refractivity contribution in [2.24, 2.45) is 4.40 Å². The number of piperidine rings is 1. The van der Waals surface area contributed by atoms with E-state index >= 15 is 0 Å². The minimum absolute atomic E-state index is 0.0484. The molecule has 0 bridgehead atoms. The van der Waals surface area contributed by atoms with Crippen LogP contribution < -0.4 is 5.32 Å². The number of amides is 1. The molecule has 0 aromatic heterocycles. The molecule has 130 valence electrons. The lowest BCUT2D eigenvalue weighted by molar-refractivity contribution is -0.132. The van der Waals surface area contributed by atoms with Gasteiger partial charge in [-0.3, -0.25) is 4.79 Å². The SMILES string of the molecule is CC[C@H]1CCCCN1C(=O)CSC1=NS(=O)(=O)c2ccccc2N1. The van der Waals surface area contributed by atoms with E-state index in [1.54, 1.807) is 18.2 Å². The molecule has 0 radical (unpaired) electrons. The molecule has 2 aliphatic heterocycles. The predicted molar refractivity (Wildman–Crippen MR) is 96.8 cm³/mol. The molecule has 1 aromatic rings. The number of fused-ring (bicyclic) bond motifs is 1. The number of nitrogens with zero attached hydrogens (tertiary/aromatic N) is 2. The zero-order chi connectivity index (χ0) is 17.2. The molecular weight excluding hydrogens is 346 g/mol. The fourth-order valence-corrected chi connectivity index (χ4v) is 5.24. The Morgan fingerprint density at radius 1 is 1.38 bits per heavy atom. The lowest BCUT2D eigenvalue weighted by Crippen LogP contribution is -2.44. The molecule has 8 heteroatoms. The van der Waals surface area contributed by atoms with E-state index < -0.39 is 10.0 Å². The average Bonchev–Trinajstić information content (AvgIpc) is 2.59. The highest BCUT2D eigenvalue weighted by Gasteiger charge is 2.28. The van der Waals surface area contributed by atoms with Gasteiger partial charge in [0.1, 0.15) is 4.90 Å². The van der Waals surface area contributed by atoms with Crippen molar-refractivity contribution in [1.82, 2.24) is 4.90 Å². The van der Waals surface area contributed by atoms with Gasteiger partial charge in [0.2, 0.25) is 5.91 Å². The van der Waals surface area contributed by atoms with Crippen molar-refractivity contribution >= 4 is 38.5 Å². The standard InChI is InChI=1S/C16H21N3O3S2/c1-2-12-7-5-6-10-19(12)15(20)11-23-16-17-13-8-3-4-9-14(13)24(21,22)18-16/h3-4,8-9,12H,2,5-7,10-11H2,1H3,(H,17,18)/t12-/m0/s1. The summed E-state index contributed by atoms with van der Waals surface area (Å²) in [6.07, 6.45) is 4.21. The number of amidine groups is 1. The Labute approximate surface area is 146 Å². The first-order chi connectivity index (χ1) is 11.5. The van der Waals surface area contributed by atoms with Crippen molar-refractivity contribution in [1.29, 1.82) is 0 Å². The Balaban J connectivity index is 1.67. The van der Waals surface area contributed by atoms with Gasteiger partial charge in [-0.05, 0) is 37.8 Å². The van der Waals surface area contributed by atoms with Crippen LogP contribution in [0.3, 0.4) is 0 Å². The van der Waals surface area contributed by atoms with Crippen LogP contribution in [0.5, 0.6) is 0 Å². The molecule has 24 heavy (non-hydrogen) atoms. The zero-order valence-electron chi connectivity index (χ0n) is 13.6. The number of nitrogens with one attached hydrogen (secondary N) is 1. The molecule has 1 fully saturated rings. The van der Waals surface area contributed by atoms with Crippen molar-refractivity contribution in [3.8, 4) is 0 Å². The van der Waals surface area contributed by atoms with Crippen molar-refractivity contribution in [3.05, 3.63) is 24.3 Å². The highest BCUT2D eigenvalue weighted by atomic mass is 32.2. The second-order valence-corrected chi connectivity index (χ2v) is 8.46. The third kappa shape index (κ3) is 3.59. The summed E-state index contributed by atoms with van der Waals surface area (Å²) in [6.45, 7) is 2.89. The van der Waals surface area contributed by atoms with E-state index in [-0.39, 0.29) is 21.7 Å². The smallest absolute Gasteiger partial charge is 0.286 e. The molecule has 6 nitrogen and oxygen atoms in total. The lowest BCUT2D eigenvalue weighted by Gasteiger charge is -2.35. The number of para-hydroxylation sites is 1. The largest absolute Gasteiger partial charge is 0.339 e. The number of hydrogen-bond donors (Lipinski definition) is 1. The van der Waals surface area contributed by atoms with Crippen molar-refractivity contribution in [2.75, 3.05) is 17.6 Å². The van der Waals surface area contributed by atoms with Gasteiger partial charge in [-0.15, -0.1) is 4.40 Å². The topological polar surface area (TPSA) is 78.8 Å². The predicted octanol–water partition coefficient (Wildman–Crippen LogP) is 2.68. The van der Waals surface area contributed by atoms with Crippen LogP contribution in [0.2, 0.25) is 0 Å². The van der Waals surface area contributed by atoms with E-state index in [2.05, 4.69) is 16.6 Å². The minimum atomic E-state index is -3.70. The van der Waals surface area contributed by atoms with Crippen LogP contribution in [0.15, 0.2) is 33.6 Å². The maximum atomic E-state index is 12.5. The first-order valence-electron chi connectivity index (χ1n) is 8.14. The molecule has 0 aliphatic carbocycles. The van der Waals surface area contributed by atoms with E-state index in [0.29, 0.717) is 11.7 Å². The Morgan fingerprint density at radius 3 is 2.96 bits per heavy atom. The fourth-order valence-electron chi connectivity index (χ4n) is 3.12. The normalized spacial score (nSPS) is 22.3. The van der Waals surface area contributed by atoms with Gasteiger partial charge in [-0.1, -0.05) is 30.8 Å². The van der Waals surface area contributed by atoms with Crippen LogP contribution in [-0.4, -0.2) is 42.7 Å². The van der Waals surface area contributed by atoms with Crippen molar-refractivity contribution in [2.45, 2.75) is 43.5 Å². The molecule has 0 unspecified atom stereocenters. The van der Waals surface area contributed by atoms with E-state index in [0.717, 1.165) is 37.6 Å². The van der Waals surface area contributed by atoms with E-state index in [4.69, 9.17) is 0 Å². The molecular formula is C16H21N3O3S2. The van der Waals surface area contributed by atoms with Gasteiger partial charge in [0.15, 0.2) is 5.17 Å². The Kier molecular flexibility index (Phi) is 5.15. The van der Waals surface area contributed by atoms with Gasteiger partial charge < -0.3 is 10.2 Å². The van der Waals surface area contributed by atoms with Gasteiger partial charge in [-0.2, -0.15) is 8.42 Å². The number of sulfonamides is 1. The van der Waals surface area contributed by atoms with E-state index in [9.17, 15) is 13.2 Å². The maximum Gasteiger partial charge on any atom is 0.286 e. The number of carbonyl (C=O) groups is 1. The van der Waals surface area contributed by atoms with Gasteiger partial charge in [0, 0.05) is 12.6 Å². The minimum Gasteiger partial charge on any atom is -0.339 e. The van der Waals surface area contributed by atoms with E-state index in [1.807, 2.05) is 4.90 Å². The lowest BCUT2D eigenvalue weighted by atomic mass is 10.0. The molecule has 1 aromatic carbocycles. The molecule has 2 aliphatic rings. The number of thioether (sulfide) groups is 1. The second kappa shape index (κ2) is 7.14. The van der Waals surface area contributed by atoms with Crippen LogP contribution in [-0.2, 0) is 14.8 Å². The Bertz CT molecular complexity index is 762. The highest BCUT2D eigenvalue weighted by molar-refractivity contribution is 8.15. The van der Waals surface area contributed by atoms with Crippen LogP contribution in [0, 0.1) is 0 Å². The van der Waals surface area contributed by atoms with Gasteiger partial charge in [0.25, 0.3) is 10.0 Å². The quantitative estimate of drug-likeness (QED) is 0.888. The molecule has 1 amide bonds.